The van der Waals surface area contributed by atoms with Crippen molar-refractivity contribution in [2.45, 2.75) is 20.4 Å². The van der Waals surface area contributed by atoms with Crippen LogP contribution in [-0.4, -0.2) is 16.7 Å². The lowest BCUT2D eigenvalue weighted by Crippen LogP contribution is -2.23. The Bertz CT molecular complexity index is 606. The van der Waals surface area contributed by atoms with Gasteiger partial charge in [0, 0.05) is 22.2 Å². The Hall–Kier alpha value is -2.01. The standard InChI is InChI=1S/C14H14N2O2S/c1-9-13(10(2)17)4-3-12(16-9)7-15-14(18)11-5-6-19-8-11/h3-6,8H,7H2,1-2H3,(H,15,18). The van der Waals surface area contributed by atoms with Gasteiger partial charge in [-0.1, -0.05) is 0 Å². The molecule has 2 aromatic heterocycles. The number of aryl methyl sites for hydroxylation is 1. The van der Waals surface area contributed by atoms with Crippen LogP contribution in [0.2, 0.25) is 0 Å². The molecule has 19 heavy (non-hydrogen) atoms. The van der Waals surface area contributed by atoms with Gasteiger partial charge in [0.25, 0.3) is 5.91 Å². The smallest absolute Gasteiger partial charge is 0.252 e. The molecule has 1 amide bonds. The zero-order valence-electron chi connectivity index (χ0n) is 10.8. The van der Waals surface area contributed by atoms with Gasteiger partial charge in [-0.15, -0.1) is 0 Å². The van der Waals surface area contributed by atoms with Gasteiger partial charge in [0.05, 0.1) is 12.2 Å². The van der Waals surface area contributed by atoms with E-state index in [-0.39, 0.29) is 11.7 Å². The first-order chi connectivity index (χ1) is 9.08. The molecule has 5 heteroatoms. The second kappa shape index (κ2) is 5.75. The van der Waals surface area contributed by atoms with E-state index in [2.05, 4.69) is 10.3 Å². The normalized spacial score (nSPS) is 10.2. The number of nitrogens with one attached hydrogen (secondary N) is 1. The third-order valence-electron chi connectivity index (χ3n) is 2.74. The molecule has 0 bridgehead atoms. The highest BCUT2D eigenvalue weighted by molar-refractivity contribution is 7.08. The number of nitrogens with zero attached hydrogens (tertiary/aromatic N) is 1. The first-order valence-electron chi connectivity index (χ1n) is 5.86. The average Bonchev–Trinajstić information content (AvgIpc) is 2.89. The molecule has 0 fully saturated rings. The van der Waals surface area contributed by atoms with Gasteiger partial charge in [-0.3, -0.25) is 14.6 Å². The van der Waals surface area contributed by atoms with E-state index in [1.165, 1.54) is 18.3 Å². The molecule has 4 nitrogen and oxygen atoms in total. The summed E-state index contributed by atoms with van der Waals surface area (Å²) in [6.45, 7) is 3.66. The minimum atomic E-state index is -0.114. The van der Waals surface area contributed by atoms with Crippen molar-refractivity contribution in [2.24, 2.45) is 0 Å². The molecule has 0 aliphatic rings. The van der Waals surface area contributed by atoms with Gasteiger partial charge >= 0.3 is 0 Å². The van der Waals surface area contributed by atoms with Gasteiger partial charge in [0.1, 0.15) is 0 Å². The van der Waals surface area contributed by atoms with Crippen LogP contribution < -0.4 is 5.32 Å². The Labute approximate surface area is 115 Å². The van der Waals surface area contributed by atoms with E-state index < -0.39 is 0 Å². The van der Waals surface area contributed by atoms with Crippen LogP contribution >= 0.6 is 11.3 Å². The maximum absolute atomic E-state index is 11.8. The Morgan fingerprint density at radius 1 is 1.32 bits per heavy atom. The molecule has 0 spiro atoms. The van der Waals surface area contributed by atoms with E-state index in [9.17, 15) is 9.59 Å². The molecule has 1 N–H and O–H groups in total. The summed E-state index contributed by atoms with van der Waals surface area (Å²) < 4.78 is 0. The van der Waals surface area contributed by atoms with Crippen LogP contribution in [0.25, 0.3) is 0 Å². The average molecular weight is 274 g/mol. The number of hydrogen-bond acceptors (Lipinski definition) is 4. The fourth-order valence-electron chi connectivity index (χ4n) is 1.75. The quantitative estimate of drug-likeness (QED) is 0.872. The fraction of sp³-hybridized carbons (Fsp3) is 0.214. The van der Waals surface area contributed by atoms with E-state index in [1.54, 1.807) is 30.5 Å². The minimum absolute atomic E-state index is 0.00106. The molecule has 2 rings (SSSR count). The molecule has 0 saturated carbocycles. The summed E-state index contributed by atoms with van der Waals surface area (Å²) in [4.78, 5) is 27.4. The minimum Gasteiger partial charge on any atom is -0.346 e. The topological polar surface area (TPSA) is 59.1 Å². The zero-order valence-corrected chi connectivity index (χ0v) is 11.6. The maximum Gasteiger partial charge on any atom is 0.252 e. The number of thiophene rings is 1. The first-order valence-corrected chi connectivity index (χ1v) is 6.80. The molecule has 0 atom stereocenters. The molecule has 0 aliphatic carbocycles. The molecule has 0 aromatic carbocycles. The number of rotatable bonds is 4. The number of aromatic nitrogens is 1. The summed E-state index contributed by atoms with van der Waals surface area (Å²) >= 11 is 1.48. The zero-order chi connectivity index (χ0) is 13.8. The molecule has 0 saturated heterocycles. The summed E-state index contributed by atoms with van der Waals surface area (Å²) in [6, 6.07) is 5.28. The number of hydrogen-bond donors (Lipinski definition) is 1. The molecule has 0 aliphatic heterocycles. The van der Waals surface area contributed by atoms with Crippen LogP contribution in [0.3, 0.4) is 0 Å². The number of Topliss-reactive ketones (excluding diaryl/α,β-unsaturated/α-hetero) is 1. The summed E-state index contributed by atoms with van der Waals surface area (Å²) in [7, 11) is 0. The highest BCUT2D eigenvalue weighted by Gasteiger charge is 2.08. The van der Waals surface area contributed by atoms with E-state index in [4.69, 9.17) is 0 Å². The fourth-order valence-corrected chi connectivity index (χ4v) is 2.39. The predicted octanol–water partition coefficient (Wildman–Crippen LogP) is 2.58. The van der Waals surface area contributed by atoms with Crippen LogP contribution in [0.15, 0.2) is 29.0 Å². The van der Waals surface area contributed by atoms with Gasteiger partial charge in [-0.05, 0) is 37.4 Å². The van der Waals surface area contributed by atoms with Crippen molar-refractivity contribution in [1.29, 1.82) is 0 Å². The Morgan fingerprint density at radius 3 is 2.68 bits per heavy atom. The molecule has 0 unspecified atom stereocenters. The maximum atomic E-state index is 11.8. The van der Waals surface area contributed by atoms with Crippen LogP contribution in [0, 0.1) is 6.92 Å². The molecule has 98 valence electrons. The first kappa shape index (κ1) is 13.4. The lowest BCUT2D eigenvalue weighted by molar-refractivity contribution is 0.0949. The van der Waals surface area contributed by atoms with E-state index in [1.807, 2.05) is 5.38 Å². The number of pyridine rings is 1. The summed E-state index contributed by atoms with van der Waals surface area (Å²) in [5, 5.41) is 6.46. The number of amides is 1. The van der Waals surface area contributed by atoms with Crippen molar-refractivity contribution < 1.29 is 9.59 Å². The molecule has 2 heterocycles. The molecular formula is C14H14N2O2S. The number of carbonyl (C=O) groups is 2. The summed E-state index contributed by atoms with van der Waals surface area (Å²) in [5.74, 6) is -0.116. The third kappa shape index (κ3) is 3.26. The van der Waals surface area contributed by atoms with Crippen LogP contribution in [-0.2, 0) is 6.54 Å². The van der Waals surface area contributed by atoms with Gasteiger partial charge in [0.15, 0.2) is 5.78 Å². The van der Waals surface area contributed by atoms with Crippen LogP contribution in [0.1, 0.15) is 39.0 Å². The van der Waals surface area contributed by atoms with Gasteiger partial charge < -0.3 is 5.32 Å². The van der Waals surface area contributed by atoms with Crippen LogP contribution in [0.4, 0.5) is 0 Å². The second-order valence-corrected chi connectivity index (χ2v) is 4.97. The van der Waals surface area contributed by atoms with Gasteiger partial charge in [0.2, 0.25) is 0 Å². The molecule has 0 radical (unpaired) electrons. The lowest BCUT2D eigenvalue weighted by atomic mass is 10.1. The van der Waals surface area contributed by atoms with E-state index >= 15 is 0 Å². The lowest BCUT2D eigenvalue weighted by Gasteiger charge is -2.06. The monoisotopic (exact) mass is 274 g/mol. The van der Waals surface area contributed by atoms with E-state index in [0.29, 0.717) is 23.4 Å². The van der Waals surface area contributed by atoms with Crippen molar-refractivity contribution in [1.82, 2.24) is 10.3 Å². The summed E-state index contributed by atoms with van der Waals surface area (Å²) in [5.41, 5.74) is 2.70. The highest BCUT2D eigenvalue weighted by Crippen LogP contribution is 2.09. The molecular weight excluding hydrogens is 260 g/mol. The van der Waals surface area contributed by atoms with Gasteiger partial charge in [-0.25, -0.2) is 0 Å². The summed E-state index contributed by atoms with van der Waals surface area (Å²) in [6.07, 6.45) is 0. The van der Waals surface area contributed by atoms with E-state index in [0.717, 1.165) is 5.69 Å². The number of carbonyl (C=O) groups excluding carboxylic acids is 2. The largest absolute Gasteiger partial charge is 0.346 e. The van der Waals surface area contributed by atoms with Crippen molar-refractivity contribution in [2.75, 3.05) is 0 Å². The Morgan fingerprint density at radius 2 is 2.11 bits per heavy atom. The molecule has 2 aromatic rings. The third-order valence-corrected chi connectivity index (χ3v) is 3.42. The van der Waals surface area contributed by atoms with Crippen LogP contribution in [0.5, 0.6) is 0 Å². The van der Waals surface area contributed by atoms with Crippen molar-refractivity contribution in [3.63, 3.8) is 0 Å². The van der Waals surface area contributed by atoms with Crippen molar-refractivity contribution in [3.8, 4) is 0 Å². The Kier molecular flexibility index (Phi) is 4.06. The highest BCUT2D eigenvalue weighted by atomic mass is 32.1. The number of ketones is 1. The SMILES string of the molecule is CC(=O)c1ccc(CNC(=O)c2ccsc2)nc1C. The van der Waals surface area contributed by atoms with Crippen molar-refractivity contribution >= 4 is 23.0 Å². The van der Waals surface area contributed by atoms with Gasteiger partial charge in [-0.2, -0.15) is 11.3 Å². The second-order valence-electron chi connectivity index (χ2n) is 4.19. The predicted molar refractivity (Wildman–Crippen MR) is 74.5 cm³/mol. The Balaban J connectivity index is 2.02. The van der Waals surface area contributed by atoms with Crippen molar-refractivity contribution in [3.05, 3.63) is 51.5 Å².